The highest BCUT2D eigenvalue weighted by molar-refractivity contribution is 5.92. The minimum Gasteiger partial charge on any atom is -0.454 e. The normalized spacial score (nSPS) is 13.1. The van der Waals surface area contributed by atoms with E-state index < -0.39 is 11.7 Å². The molecule has 4 heteroatoms. The van der Waals surface area contributed by atoms with Gasteiger partial charge in [-0.3, -0.25) is 4.79 Å². The van der Waals surface area contributed by atoms with Crippen LogP contribution in [-0.4, -0.2) is 5.91 Å². The summed E-state index contributed by atoms with van der Waals surface area (Å²) in [6.45, 7) is 8.14. The number of allylic oxidation sites excluding steroid dienone is 1. The zero-order valence-electron chi connectivity index (χ0n) is 14.0. The fourth-order valence-electron chi connectivity index (χ4n) is 2.50. The molecular formula is C20H22FNO2. The highest BCUT2D eigenvalue weighted by Gasteiger charge is 2.14. The van der Waals surface area contributed by atoms with E-state index >= 15 is 0 Å². The Hall–Kier alpha value is -2.62. The molecule has 2 unspecified atom stereocenters. The number of primary amides is 1. The average molecular weight is 327 g/mol. The molecule has 0 heterocycles. The molecule has 2 aromatic carbocycles. The summed E-state index contributed by atoms with van der Waals surface area (Å²) in [6, 6.07) is 11.5. The molecule has 0 saturated carbocycles. The van der Waals surface area contributed by atoms with E-state index in [4.69, 9.17) is 10.5 Å². The third kappa shape index (κ3) is 4.22. The maximum Gasteiger partial charge on any atom is 0.248 e. The van der Waals surface area contributed by atoms with Gasteiger partial charge in [-0.05, 0) is 54.2 Å². The van der Waals surface area contributed by atoms with Crippen molar-refractivity contribution in [3.05, 3.63) is 72.1 Å². The lowest BCUT2D eigenvalue weighted by Crippen LogP contribution is -2.11. The molecule has 1 amide bonds. The molecule has 126 valence electrons. The van der Waals surface area contributed by atoms with Crippen LogP contribution in [0.1, 0.15) is 42.1 Å². The molecule has 2 rings (SSSR count). The summed E-state index contributed by atoms with van der Waals surface area (Å²) in [5.41, 5.74) is 6.43. The van der Waals surface area contributed by atoms with Crippen LogP contribution in [0.2, 0.25) is 0 Å². The van der Waals surface area contributed by atoms with Gasteiger partial charge in [-0.2, -0.15) is 0 Å². The van der Waals surface area contributed by atoms with Gasteiger partial charge in [0.25, 0.3) is 0 Å². The molecule has 2 N–H and O–H groups in total. The monoisotopic (exact) mass is 327 g/mol. The molecule has 0 aliphatic rings. The SMILES string of the molecule is C=CCC(C)C(C)c1ccc(Oc2ccc(C(N)=O)cc2F)cc1. The Labute approximate surface area is 141 Å². The predicted molar refractivity (Wildman–Crippen MR) is 93.8 cm³/mol. The smallest absolute Gasteiger partial charge is 0.248 e. The third-order valence-electron chi connectivity index (χ3n) is 4.24. The summed E-state index contributed by atoms with van der Waals surface area (Å²) in [4.78, 5) is 11.0. The van der Waals surface area contributed by atoms with Gasteiger partial charge in [0.05, 0.1) is 0 Å². The maximum atomic E-state index is 14.0. The Morgan fingerprint density at radius 3 is 2.46 bits per heavy atom. The van der Waals surface area contributed by atoms with Crippen molar-refractivity contribution in [1.82, 2.24) is 0 Å². The van der Waals surface area contributed by atoms with Gasteiger partial charge in [-0.1, -0.05) is 32.1 Å². The lowest BCUT2D eigenvalue weighted by molar-refractivity contribution is 0.1000. The fraction of sp³-hybridized carbons (Fsp3) is 0.250. The van der Waals surface area contributed by atoms with Gasteiger partial charge in [0.15, 0.2) is 11.6 Å². The lowest BCUT2D eigenvalue weighted by atomic mass is 9.87. The van der Waals surface area contributed by atoms with Crippen molar-refractivity contribution in [3.8, 4) is 11.5 Å². The Morgan fingerprint density at radius 1 is 1.25 bits per heavy atom. The quantitative estimate of drug-likeness (QED) is 0.725. The van der Waals surface area contributed by atoms with Gasteiger partial charge in [0.1, 0.15) is 5.75 Å². The Kier molecular flexibility index (Phi) is 5.74. The Balaban J connectivity index is 2.12. The van der Waals surface area contributed by atoms with Crippen molar-refractivity contribution in [2.24, 2.45) is 11.7 Å². The Bertz CT molecular complexity index is 725. The molecule has 0 bridgehead atoms. The molecule has 3 nitrogen and oxygen atoms in total. The molecule has 0 spiro atoms. The van der Waals surface area contributed by atoms with E-state index in [0.717, 1.165) is 12.5 Å². The van der Waals surface area contributed by atoms with Crippen LogP contribution in [0.5, 0.6) is 11.5 Å². The zero-order chi connectivity index (χ0) is 17.7. The molecule has 2 aromatic rings. The summed E-state index contributed by atoms with van der Waals surface area (Å²) >= 11 is 0. The van der Waals surface area contributed by atoms with Gasteiger partial charge in [-0.25, -0.2) is 4.39 Å². The van der Waals surface area contributed by atoms with Crippen molar-refractivity contribution in [1.29, 1.82) is 0 Å². The number of hydrogen-bond acceptors (Lipinski definition) is 2. The minimum atomic E-state index is -0.674. The van der Waals surface area contributed by atoms with Gasteiger partial charge < -0.3 is 10.5 Å². The number of ether oxygens (including phenoxy) is 1. The molecule has 24 heavy (non-hydrogen) atoms. The molecule has 2 atom stereocenters. The zero-order valence-corrected chi connectivity index (χ0v) is 14.0. The molecule has 0 aliphatic heterocycles. The van der Waals surface area contributed by atoms with Gasteiger partial charge in [0.2, 0.25) is 5.91 Å². The van der Waals surface area contributed by atoms with Crippen LogP contribution >= 0.6 is 0 Å². The first-order valence-electron chi connectivity index (χ1n) is 7.90. The highest BCUT2D eigenvalue weighted by atomic mass is 19.1. The molecule has 0 saturated heterocycles. The summed E-state index contributed by atoms with van der Waals surface area (Å²) in [5, 5.41) is 0. The second-order valence-corrected chi connectivity index (χ2v) is 5.97. The number of carbonyl (C=O) groups is 1. The van der Waals surface area contributed by atoms with Gasteiger partial charge >= 0.3 is 0 Å². The van der Waals surface area contributed by atoms with Crippen LogP contribution in [0.25, 0.3) is 0 Å². The minimum absolute atomic E-state index is 0.0563. The Morgan fingerprint density at radius 2 is 1.92 bits per heavy atom. The first-order chi connectivity index (χ1) is 11.4. The van der Waals surface area contributed by atoms with Crippen molar-refractivity contribution >= 4 is 5.91 Å². The largest absolute Gasteiger partial charge is 0.454 e. The number of benzene rings is 2. The van der Waals surface area contributed by atoms with Crippen LogP contribution in [0.15, 0.2) is 55.1 Å². The van der Waals surface area contributed by atoms with Crippen LogP contribution in [0.3, 0.4) is 0 Å². The number of nitrogens with two attached hydrogens (primary N) is 1. The topological polar surface area (TPSA) is 52.3 Å². The molecule has 0 aliphatic carbocycles. The number of rotatable bonds is 7. The molecule has 0 radical (unpaired) electrons. The predicted octanol–water partition coefficient (Wildman–Crippen LogP) is 5.03. The summed E-state index contributed by atoms with van der Waals surface area (Å²) in [5.74, 6) is 0.182. The number of hydrogen-bond donors (Lipinski definition) is 1. The highest BCUT2D eigenvalue weighted by Crippen LogP contribution is 2.30. The summed E-state index contributed by atoms with van der Waals surface area (Å²) < 4.78 is 19.5. The van der Waals surface area contributed by atoms with Crippen molar-refractivity contribution in [3.63, 3.8) is 0 Å². The van der Waals surface area contributed by atoms with E-state index in [1.165, 1.54) is 17.7 Å². The first-order valence-corrected chi connectivity index (χ1v) is 7.90. The molecule has 0 aromatic heterocycles. The van der Waals surface area contributed by atoms with E-state index in [-0.39, 0.29) is 11.3 Å². The second kappa shape index (κ2) is 7.77. The van der Waals surface area contributed by atoms with Crippen molar-refractivity contribution in [2.75, 3.05) is 0 Å². The van der Waals surface area contributed by atoms with Crippen molar-refractivity contribution in [2.45, 2.75) is 26.2 Å². The molecule has 0 fully saturated rings. The average Bonchev–Trinajstić information content (AvgIpc) is 2.56. The van der Waals surface area contributed by atoms with Crippen LogP contribution in [0.4, 0.5) is 4.39 Å². The summed E-state index contributed by atoms with van der Waals surface area (Å²) in [7, 11) is 0. The van der Waals surface area contributed by atoms with E-state index in [2.05, 4.69) is 20.4 Å². The van der Waals surface area contributed by atoms with E-state index in [9.17, 15) is 9.18 Å². The molecular weight excluding hydrogens is 305 g/mol. The van der Waals surface area contributed by atoms with Gasteiger partial charge in [0, 0.05) is 5.56 Å². The van der Waals surface area contributed by atoms with E-state index in [0.29, 0.717) is 17.6 Å². The van der Waals surface area contributed by atoms with Crippen molar-refractivity contribution < 1.29 is 13.9 Å². The van der Waals surface area contributed by atoms with Gasteiger partial charge in [-0.15, -0.1) is 6.58 Å². The van der Waals surface area contributed by atoms with E-state index in [1.54, 1.807) is 0 Å². The van der Waals surface area contributed by atoms with Crippen LogP contribution in [-0.2, 0) is 0 Å². The number of halogens is 1. The maximum absolute atomic E-state index is 14.0. The van der Waals surface area contributed by atoms with E-state index in [1.807, 2.05) is 30.3 Å². The summed E-state index contributed by atoms with van der Waals surface area (Å²) in [6.07, 6.45) is 2.88. The first kappa shape index (κ1) is 17.7. The second-order valence-electron chi connectivity index (χ2n) is 5.97. The number of carbonyl (C=O) groups excluding carboxylic acids is 1. The fourth-order valence-corrected chi connectivity index (χ4v) is 2.50. The third-order valence-corrected chi connectivity index (χ3v) is 4.24. The van der Waals surface area contributed by atoms with Crippen LogP contribution in [0, 0.1) is 11.7 Å². The lowest BCUT2D eigenvalue weighted by Gasteiger charge is -2.19. The number of amides is 1. The standard InChI is InChI=1S/C20H22FNO2/c1-4-5-13(2)14(3)15-6-9-17(10-7-15)24-19-11-8-16(20(22)23)12-18(19)21/h4,6-14H,1,5H2,2-3H3,(H2,22,23). The van der Waals surface area contributed by atoms with Crippen LogP contribution < -0.4 is 10.5 Å².